The molecule has 1 heterocycles. The number of esters is 1. The van der Waals surface area contributed by atoms with Crippen molar-refractivity contribution >= 4 is 23.6 Å². The molecular weight excluding hydrogens is 276 g/mol. The second-order valence-corrected chi connectivity index (χ2v) is 4.79. The van der Waals surface area contributed by atoms with E-state index in [0.29, 0.717) is 18.1 Å². The highest BCUT2D eigenvalue weighted by Gasteiger charge is 2.18. The van der Waals surface area contributed by atoms with Crippen molar-refractivity contribution in [2.45, 2.75) is 6.92 Å². The van der Waals surface area contributed by atoms with Gasteiger partial charge in [-0.1, -0.05) is 48.5 Å². The van der Waals surface area contributed by atoms with Crippen molar-refractivity contribution < 1.29 is 9.53 Å². The van der Waals surface area contributed by atoms with Crippen LogP contribution in [0.2, 0.25) is 0 Å². The maximum atomic E-state index is 12.1. The van der Waals surface area contributed by atoms with Crippen molar-refractivity contribution in [2.24, 2.45) is 4.99 Å². The zero-order valence-electron chi connectivity index (χ0n) is 12.2. The largest absolute Gasteiger partial charge is 0.461 e. The number of hydrogen-bond donors (Lipinski definition) is 1. The number of aliphatic imine (C=N–C) groups is 1. The molecule has 0 saturated carbocycles. The molecule has 4 nitrogen and oxygen atoms in total. The van der Waals surface area contributed by atoms with E-state index in [-0.39, 0.29) is 5.97 Å². The van der Waals surface area contributed by atoms with E-state index in [9.17, 15) is 4.79 Å². The highest BCUT2D eigenvalue weighted by atomic mass is 16.5. The lowest BCUT2D eigenvalue weighted by molar-refractivity contribution is -0.138. The smallest absolute Gasteiger partial charge is 0.354 e. The first-order valence-corrected chi connectivity index (χ1v) is 7.17. The summed E-state index contributed by atoms with van der Waals surface area (Å²) in [5, 5.41) is 3.10. The van der Waals surface area contributed by atoms with Gasteiger partial charge in [-0.15, -0.1) is 0 Å². The first-order valence-electron chi connectivity index (χ1n) is 7.17. The molecule has 0 saturated heterocycles. The molecule has 1 aliphatic rings. The Morgan fingerprint density at radius 1 is 1.09 bits per heavy atom. The summed E-state index contributed by atoms with van der Waals surface area (Å²) in [4.78, 5) is 16.8. The summed E-state index contributed by atoms with van der Waals surface area (Å²) in [6.45, 7) is 2.12. The summed E-state index contributed by atoms with van der Waals surface area (Å²) < 4.78 is 5.11. The SMILES string of the molecule is CCOC(=O)C1=Cc2ccccc2N=C(c2ccccc2)N1. The predicted octanol–water partition coefficient (Wildman–Crippen LogP) is 3.27. The number of ether oxygens (including phenoxy) is 1. The number of para-hydroxylation sites is 1. The Labute approximate surface area is 129 Å². The van der Waals surface area contributed by atoms with Gasteiger partial charge in [0, 0.05) is 11.1 Å². The van der Waals surface area contributed by atoms with Gasteiger partial charge in [0.1, 0.15) is 11.5 Å². The molecular formula is C18H16N2O2. The topological polar surface area (TPSA) is 50.7 Å². The molecule has 0 radical (unpaired) electrons. The standard InChI is InChI=1S/C18H16N2O2/c1-2-22-18(21)16-12-14-10-6-7-11-15(14)19-17(20-16)13-8-4-3-5-9-13/h3-12H,2H2,1H3,(H,19,20). The Hall–Kier alpha value is -2.88. The average molecular weight is 292 g/mol. The summed E-state index contributed by atoms with van der Waals surface area (Å²) in [5.41, 5.74) is 2.99. The lowest BCUT2D eigenvalue weighted by Crippen LogP contribution is -2.28. The van der Waals surface area contributed by atoms with E-state index in [1.807, 2.05) is 54.6 Å². The number of benzene rings is 2. The van der Waals surface area contributed by atoms with Gasteiger partial charge in [-0.3, -0.25) is 0 Å². The Bertz CT molecular complexity index is 749. The third-order valence-corrected chi connectivity index (χ3v) is 3.26. The van der Waals surface area contributed by atoms with Gasteiger partial charge in [-0.05, 0) is 19.1 Å². The minimum atomic E-state index is -0.386. The molecule has 0 fully saturated rings. The number of hydrogen-bond acceptors (Lipinski definition) is 4. The molecule has 0 atom stereocenters. The van der Waals surface area contributed by atoms with Gasteiger partial charge in [-0.25, -0.2) is 9.79 Å². The van der Waals surface area contributed by atoms with Crippen LogP contribution in [0, 0.1) is 0 Å². The summed E-state index contributed by atoms with van der Waals surface area (Å²) in [7, 11) is 0. The minimum Gasteiger partial charge on any atom is -0.461 e. The monoisotopic (exact) mass is 292 g/mol. The van der Waals surface area contributed by atoms with Gasteiger partial charge >= 0.3 is 5.97 Å². The van der Waals surface area contributed by atoms with Gasteiger partial charge < -0.3 is 10.1 Å². The second kappa shape index (κ2) is 6.26. The molecule has 2 aromatic rings. The molecule has 0 bridgehead atoms. The molecule has 4 heteroatoms. The van der Waals surface area contributed by atoms with Gasteiger partial charge in [0.2, 0.25) is 0 Å². The molecule has 2 aromatic carbocycles. The van der Waals surface area contributed by atoms with Crippen LogP contribution in [0.4, 0.5) is 5.69 Å². The van der Waals surface area contributed by atoms with Crippen LogP contribution in [0.5, 0.6) is 0 Å². The molecule has 0 amide bonds. The van der Waals surface area contributed by atoms with Crippen molar-refractivity contribution in [3.05, 3.63) is 71.4 Å². The fraction of sp³-hybridized carbons (Fsp3) is 0.111. The predicted molar refractivity (Wildman–Crippen MR) is 86.8 cm³/mol. The molecule has 0 aromatic heterocycles. The van der Waals surface area contributed by atoms with Gasteiger partial charge in [-0.2, -0.15) is 0 Å². The van der Waals surface area contributed by atoms with Crippen LogP contribution in [0.3, 0.4) is 0 Å². The number of fused-ring (bicyclic) bond motifs is 1. The first kappa shape index (κ1) is 14.1. The highest BCUT2D eigenvalue weighted by molar-refractivity contribution is 6.08. The number of nitrogens with one attached hydrogen (secondary N) is 1. The lowest BCUT2D eigenvalue weighted by Gasteiger charge is -2.10. The quantitative estimate of drug-likeness (QED) is 0.883. The summed E-state index contributed by atoms with van der Waals surface area (Å²) in [6, 6.07) is 17.4. The van der Waals surface area contributed by atoms with E-state index in [4.69, 9.17) is 4.74 Å². The number of nitrogens with zero attached hydrogens (tertiary/aromatic N) is 1. The number of amidine groups is 1. The first-order chi connectivity index (χ1) is 10.8. The lowest BCUT2D eigenvalue weighted by atomic mass is 10.1. The minimum absolute atomic E-state index is 0.331. The zero-order chi connectivity index (χ0) is 15.4. The molecule has 3 rings (SSSR count). The van der Waals surface area contributed by atoms with E-state index in [0.717, 1.165) is 16.8 Å². The van der Waals surface area contributed by atoms with Crippen LogP contribution in [-0.2, 0) is 9.53 Å². The second-order valence-electron chi connectivity index (χ2n) is 4.79. The van der Waals surface area contributed by atoms with Crippen molar-refractivity contribution in [2.75, 3.05) is 6.61 Å². The fourth-order valence-electron chi connectivity index (χ4n) is 2.23. The van der Waals surface area contributed by atoms with E-state index in [2.05, 4.69) is 10.3 Å². The Balaban J connectivity index is 2.08. The summed E-state index contributed by atoms with van der Waals surface area (Å²) in [6.07, 6.45) is 1.77. The average Bonchev–Trinajstić information content (AvgIpc) is 2.75. The Morgan fingerprint density at radius 3 is 2.59 bits per heavy atom. The van der Waals surface area contributed by atoms with Crippen molar-refractivity contribution in [3.63, 3.8) is 0 Å². The van der Waals surface area contributed by atoms with Crippen molar-refractivity contribution in [3.8, 4) is 0 Å². The Kier molecular flexibility index (Phi) is 4.01. The highest BCUT2D eigenvalue weighted by Crippen LogP contribution is 2.25. The van der Waals surface area contributed by atoms with Gasteiger partial charge in [0.15, 0.2) is 0 Å². The van der Waals surface area contributed by atoms with Gasteiger partial charge in [0.25, 0.3) is 0 Å². The number of carbonyl (C=O) groups excluding carboxylic acids is 1. The van der Waals surface area contributed by atoms with Crippen LogP contribution >= 0.6 is 0 Å². The van der Waals surface area contributed by atoms with Crippen LogP contribution in [0.1, 0.15) is 18.1 Å². The molecule has 1 N–H and O–H groups in total. The molecule has 22 heavy (non-hydrogen) atoms. The number of rotatable bonds is 3. The van der Waals surface area contributed by atoms with Crippen molar-refractivity contribution in [1.29, 1.82) is 0 Å². The molecule has 0 aliphatic carbocycles. The Morgan fingerprint density at radius 2 is 1.82 bits per heavy atom. The van der Waals surface area contributed by atoms with E-state index >= 15 is 0 Å². The van der Waals surface area contributed by atoms with E-state index in [1.54, 1.807) is 13.0 Å². The maximum Gasteiger partial charge on any atom is 0.354 e. The third kappa shape index (κ3) is 2.91. The van der Waals surface area contributed by atoms with Crippen LogP contribution in [-0.4, -0.2) is 18.4 Å². The van der Waals surface area contributed by atoms with E-state index < -0.39 is 0 Å². The summed E-state index contributed by atoms with van der Waals surface area (Å²) in [5.74, 6) is 0.243. The molecule has 0 unspecified atom stereocenters. The fourth-order valence-corrected chi connectivity index (χ4v) is 2.23. The summed E-state index contributed by atoms with van der Waals surface area (Å²) >= 11 is 0. The van der Waals surface area contributed by atoms with Crippen LogP contribution in [0.25, 0.3) is 6.08 Å². The van der Waals surface area contributed by atoms with Crippen molar-refractivity contribution in [1.82, 2.24) is 5.32 Å². The normalized spacial score (nSPS) is 13.1. The van der Waals surface area contributed by atoms with Crippen LogP contribution in [0.15, 0.2) is 65.3 Å². The van der Waals surface area contributed by atoms with Gasteiger partial charge in [0.05, 0.1) is 12.3 Å². The molecule has 0 spiro atoms. The maximum absolute atomic E-state index is 12.1. The zero-order valence-corrected chi connectivity index (χ0v) is 12.2. The number of carbonyl (C=O) groups is 1. The third-order valence-electron chi connectivity index (χ3n) is 3.26. The molecule has 110 valence electrons. The van der Waals surface area contributed by atoms with Crippen LogP contribution < -0.4 is 5.32 Å². The van der Waals surface area contributed by atoms with E-state index in [1.165, 1.54) is 0 Å². The molecule has 1 aliphatic heterocycles.